The quantitative estimate of drug-likeness (QED) is 0.473. The summed E-state index contributed by atoms with van der Waals surface area (Å²) >= 11 is 0. The first kappa shape index (κ1) is 26.3. The summed E-state index contributed by atoms with van der Waals surface area (Å²) in [6.07, 6.45) is 2.20. The van der Waals surface area contributed by atoms with Crippen LogP contribution in [0.25, 0.3) is 0 Å². The first-order valence-corrected chi connectivity index (χ1v) is 12.1. The molecule has 3 rings (SSSR count). The fourth-order valence-electron chi connectivity index (χ4n) is 4.59. The van der Waals surface area contributed by atoms with Crippen LogP contribution in [0.5, 0.6) is 17.2 Å². The summed E-state index contributed by atoms with van der Waals surface area (Å²) in [5, 5.41) is 5.74. The third-order valence-corrected chi connectivity index (χ3v) is 6.05. The number of piperidine rings is 1. The molecule has 1 aliphatic heterocycles. The van der Waals surface area contributed by atoms with Crippen LogP contribution in [0.4, 0.5) is 5.69 Å². The number of benzene rings is 2. The number of carbonyl (C=O) groups excluding carboxylic acids is 2. The van der Waals surface area contributed by atoms with E-state index >= 15 is 0 Å². The van der Waals surface area contributed by atoms with Gasteiger partial charge >= 0.3 is 0 Å². The molecule has 2 aromatic carbocycles. The van der Waals surface area contributed by atoms with Crippen LogP contribution < -0.4 is 24.8 Å². The van der Waals surface area contributed by atoms with E-state index in [4.69, 9.17) is 14.2 Å². The summed E-state index contributed by atoms with van der Waals surface area (Å²) in [6.45, 7) is 8.26. The van der Waals surface area contributed by atoms with Crippen LogP contribution in [0.2, 0.25) is 0 Å². The van der Waals surface area contributed by atoms with E-state index < -0.39 is 0 Å². The van der Waals surface area contributed by atoms with Gasteiger partial charge in [-0.3, -0.25) is 9.59 Å². The highest BCUT2D eigenvalue weighted by molar-refractivity contribution is 5.95. The van der Waals surface area contributed by atoms with Gasteiger partial charge in [-0.25, -0.2) is 0 Å². The fourth-order valence-corrected chi connectivity index (χ4v) is 4.59. The Labute approximate surface area is 207 Å². The third-order valence-electron chi connectivity index (χ3n) is 6.05. The Morgan fingerprint density at radius 1 is 0.971 bits per heavy atom. The summed E-state index contributed by atoms with van der Waals surface area (Å²) in [7, 11) is 3.04. The molecule has 8 nitrogen and oxygen atoms in total. The lowest BCUT2D eigenvalue weighted by atomic mass is 9.92. The summed E-state index contributed by atoms with van der Waals surface area (Å²) in [5.74, 6) is 2.29. The van der Waals surface area contributed by atoms with E-state index in [1.807, 2.05) is 6.07 Å². The number of amides is 2. The Morgan fingerprint density at radius 3 is 2.40 bits per heavy atom. The van der Waals surface area contributed by atoms with Crippen molar-refractivity contribution in [3.63, 3.8) is 0 Å². The molecule has 0 aliphatic carbocycles. The lowest BCUT2D eigenvalue weighted by Gasteiger charge is -2.34. The van der Waals surface area contributed by atoms with Crippen LogP contribution >= 0.6 is 0 Å². The first-order chi connectivity index (χ1) is 16.9. The summed E-state index contributed by atoms with van der Waals surface area (Å²) in [5.41, 5.74) is 1.04. The van der Waals surface area contributed by atoms with Crippen LogP contribution in [-0.2, 0) is 4.79 Å². The molecule has 0 bridgehead atoms. The predicted molar refractivity (Wildman–Crippen MR) is 136 cm³/mol. The number of carbonyl (C=O) groups is 2. The van der Waals surface area contributed by atoms with Crippen molar-refractivity contribution in [1.29, 1.82) is 0 Å². The van der Waals surface area contributed by atoms with Crippen LogP contribution in [0.1, 0.15) is 37.0 Å². The summed E-state index contributed by atoms with van der Waals surface area (Å²) in [6, 6.07) is 12.1. The largest absolute Gasteiger partial charge is 0.495 e. The zero-order valence-electron chi connectivity index (χ0n) is 21.1. The lowest BCUT2D eigenvalue weighted by Crippen LogP contribution is -2.40. The first-order valence-electron chi connectivity index (χ1n) is 12.1. The van der Waals surface area contributed by atoms with E-state index in [0.717, 1.165) is 37.9 Å². The van der Waals surface area contributed by atoms with E-state index in [2.05, 4.69) is 29.4 Å². The van der Waals surface area contributed by atoms with E-state index in [1.165, 1.54) is 13.5 Å². The van der Waals surface area contributed by atoms with E-state index in [1.54, 1.807) is 43.5 Å². The highest BCUT2D eigenvalue weighted by Gasteiger charge is 2.21. The number of methoxy groups -OCH3 is 2. The normalized spacial score (nSPS) is 17.9. The van der Waals surface area contributed by atoms with E-state index in [-0.39, 0.29) is 18.4 Å². The highest BCUT2D eigenvalue weighted by atomic mass is 16.5. The Balaban J connectivity index is 1.47. The number of nitrogens with zero attached hydrogens (tertiary/aromatic N) is 1. The molecule has 1 heterocycles. The lowest BCUT2D eigenvalue weighted by molar-refractivity contribution is -0.118. The van der Waals surface area contributed by atoms with Gasteiger partial charge in [-0.15, -0.1) is 0 Å². The van der Waals surface area contributed by atoms with Crippen LogP contribution in [0.15, 0.2) is 42.5 Å². The Bertz CT molecular complexity index is 987. The molecule has 0 spiro atoms. The number of hydrogen-bond donors (Lipinski definition) is 2. The molecule has 0 radical (unpaired) electrons. The van der Waals surface area contributed by atoms with Crippen molar-refractivity contribution >= 4 is 17.5 Å². The van der Waals surface area contributed by atoms with Crippen molar-refractivity contribution in [1.82, 2.24) is 10.2 Å². The number of hydrogen-bond acceptors (Lipinski definition) is 6. The smallest absolute Gasteiger partial charge is 0.262 e. The molecule has 2 unspecified atom stereocenters. The molecule has 2 N–H and O–H groups in total. The summed E-state index contributed by atoms with van der Waals surface area (Å²) < 4.78 is 16.3. The van der Waals surface area contributed by atoms with Crippen molar-refractivity contribution in [3.8, 4) is 17.2 Å². The zero-order chi connectivity index (χ0) is 25.2. The van der Waals surface area contributed by atoms with Gasteiger partial charge in [-0.1, -0.05) is 26.0 Å². The van der Waals surface area contributed by atoms with Gasteiger partial charge in [0.25, 0.3) is 11.8 Å². The minimum absolute atomic E-state index is 0.163. The number of rotatable bonds is 11. The van der Waals surface area contributed by atoms with Gasteiger partial charge in [-0.2, -0.15) is 0 Å². The molecule has 8 heteroatoms. The maximum Gasteiger partial charge on any atom is 0.262 e. The molecular formula is C27H37N3O5. The number of likely N-dealkylation sites (tertiary alicyclic amines) is 1. The van der Waals surface area contributed by atoms with Crippen LogP contribution in [0.3, 0.4) is 0 Å². The van der Waals surface area contributed by atoms with E-state index in [9.17, 15) is 9.59 Å². The Kier molecular flexibility index (Phi) is 9.78. The van der Waals surface area contributed by atoms with Gasteiger partial charge in [0.05, 0.1) is 19.9 Å². The van der Waals surface area contributed by atoms with Gasteiger partial charge in [0.2, 0.25) is 0 Å². The van der Waals surface area contributed by atoms with Crippen molar-refractivity contribution < 1.29 is 23.8 Å². The van der Waals surface area contributed by atoms with Gasteiger partial charge in [-0.05, 0) is 61.6 Å². The minimum atomic E-state index is -0.337. The van der Waals surface area contributed by atoms with E-state index in [0.29, 0.717) is 35.0 Å². The summed E-state index contributed by atoms with van der Waals surface area (Å²) in [4.78, 5) is 27.4. The minimum Gasteiger partial charge on any atom is -0.495 e. The molecule has 190 valence electrons. The molecule has 1 aliphatic rings. The fraction of sp³-hybridized carbons (Fsp3) is 0.481. The SMILES string of the molecule is COc1ccccc1NC(=O)COc1ccc(C(=O)NCCCN2CC(C)CC(C)C2)cc1OC. The maximum atomic E-state index is 12.6. The molecule has 1 fully saturated rings. The van der Waals surface area contributed by atoms with Crippen molar-refractivity contribution in [3.05, 3.63) is 48.0 Å². The molecule has 1 saturated heterocycles. The number of anilines is 1. The molecule has 0 saturated carbocycles. The Morgan fingerprint density at radius 2 is 1.69 bits per heavy atom. The third kappa shape index (κ3) is 7.89. The predicted octanol–water partition coefficient (Wildman–Crippen LogP) is 3.82. The van der Waals surface area contributed by atoms with Gasteiger partial charge in [0.1, 0.15) is 5.75 Å². The molecule has 2 aromatic rings. The number of para-hydroxylation sites is 2. The highest BCUT2D eigenvalue weighted by Crippen LogP contribution is 2.28. The maximum absolute atomic E-state index is 12.6. The average molecular weight is 484 g/mol. The van der Waals surface area contributed by atoms with Crippen LogP contribution in [0, 0.1) is 11.8 Å². The second kappa shape index (κ2) is 13.0. The molecular weight excluding hydrogens is 446 g/mol. The molecule has 2 atom stereocenters. The number of ether oxygens (including phenoxy) is 3. The molecule has 35 heavy (non-hydrogen) atoms. The monoisotopic (exact) mass is 483 g/mol. The van der Waals surface area contributed by atoms with Crippen molar-refractivity contribution in [2.24, 2.45) is 11.8 Å². The molecule has 0 aromatic heterocycles. The van der Waals surface area contributed by atoms with Gasteiger partial charge < -0.3 is 29.7 Å². The molecule has 2 amide bonds. The second-order valence-electron chi connectivity index (χ2n) is 9.22. The average Bonchev–Trinajstić information content (AvgIpc) is 2.85. The van der Waals surface area contributed by atoms with Crippen molar-refractivity contribution in [2.75, 3.05) is 52.3 Å². The second-order valence-corrected chi connectivity index (χ2v) is 9.22. The Hall–Kier alpha value is -3.26. The topological polar surface area (TPSA) is 89.1 Å². The van der Waals surface area contributed by atoms with Crippen molar-refractivity contribution in [2.45, 2.75) is 26.7 Å². The van der Waals surface area contributed by atoms with Gasteiger partial charge in [0, 0.05) is 25.2 Å². The van der Waals surface area contributed by atoms with Gasteiger partial charge in [0.15, 0.2) is 18.1 Å². The standard InChI is InChI=1S/C27H37N3O5/c1-19-14-20(2)17-30(16-19)13-7-12-28-27(32)21-10-11-24(25(15-21)34-4)35-18-26(31)29-22-8-5-6-9-23(22)33-3/h5-6,8-11,15,19-20H,7,12-14,16-18H2,1-4H3,(H,28,32)(H,29,31). The number of nitrogens with one attached hydrogen (secondary N) is 2. The van der Waals surface area contributed by atoms with Crippen LogP contribution in [-0.4, -0.2) is 63.7 Å². The zero-order valence-corrected chi connectivity index (χ0v) is 21.1.